The van der Waals surface area contributed by atoms with Gasteiger partial charge in [0.25, 0.3) is 0 Å². The maximum atomic E-state index is 11.7. The van der Waals surface area contributed by atoms with E-state index in [-0.39, 0.29) is 12.0 Å². The summed E-state index contributed by atoms with van der Waals surface area (Å²) < 4.78 is 15.0. The van der Waals surface area contributed by atoms with Crippen molar-refractivity contribution in [3.05, 3.63) is 24.5 Å². The van der Waals surface area contributed by atoms with Gasteiger partial charge in [0.15, 0.2) is 0 Å². The quantitative estimate of drug-likeness (QED) is 0.782. The average Bonchev–Trinajstić information content (AvgIpc) is 3.19. The fourth-order valence-electron chi connectivity index (χ4n) is 2.42. The summed E-state index contributed by atoms with van der Waals surface area (Å²) in [6.45, 7) is 1.27. The molecule has 2 aromatic heterocycles. The highest BCUT2D eigenvalue weighted by Crippen LogP contribution is 2.22. The van der Waals surface area contributed by atoms with E-state index in [1.165, 1.54) is 7.11 Å². The molecule has 106 valence electrons. The first-order valence-electron chi connectivity index (χ1n) is 6.45. The van der Waals surface area contributed by atoms with E-state index < -0.39 is 0 Å². The van der Waals surface area contributed by atoms with Gasteiger partial charge >= 0.3 is 5.97 Å². The molecule has 3 rings (SSSR count). The van der Waals surface area contributed by atoms with Crippen LogP contribution >= 0.6 is 0 Å². The molecule has 2 aromatic rings. The summed E-state index contributed by atoms with van der Waals surface area (Å²) in [5, 5.41) is 3.90. The zero-order valence-electron chi connectivity index (χ0n) is 11.1. The first-order valence-corrected chi connectivity index (χ1v) is 6.45. The van der Waals surface area contributed by atoms with Gasteiger partial charge in [-0.2, -0.15) is 4.98 Å². The number of methoxy groups -OCH3 is 1. The minimum atomic E-state index is -0.218. The van der Waals surface area contributed by atoms with Gasteiger partial charge in [-0.05, 0) is 25.5 Å². The third-order valence-electron chi connectivity index (χ3n) is 3.42. The minimum absolute atomic E-state index is 0.211. The van der Waals surface area contributed by atoms with E-state index in [4.69, 9.17) is 13.7 Å². The number of ether oxygens (including phenoxy) is 1. The molecule has 0 aromatic carbocycles. The highest BCUT2D eigenvalue weighted by molar-refractivity contribution is 5.75. The molecule has 20 heavy (non-hydrogen) atoms. The zero-order chi connectivity index (χ0) is 13.9. The topological polar surface area (TPSA) is 81.6 Å². The molecule has 3 heterocycles. The van der Waals surface area contributed by atoms with Crippen LogP contribution in [0.15, 0.2) is 27.5 Å². The molecule has 0 N–H and O–H groups in total. The van der Waals surface area contributed by atoms with Crippen LogP contribution in [0.5, 0.6) is 0 Å². The van der Waals surface area contributed by atoms with Crippen molar-refractivity contribution >= 4 is 5.97 Å². The Labute approximate surface area is 115 Å². The van der Waals surface area contributed by atoms with Gasteiger partial charge < -0.3 is 13.7 Å². The van der Waals surface area contributed by atoms with Gasteiger partial charge in [0.05, 0.1) is 25.5 Å². The summed E-state index contributed by atoms with van der Waals surface area (Å²) in [7, 11) is 1.41. The van der Waals surface area contributed by atoms with Crippen LogP contribution in [-0.2, 0) is 16.1 Å². The van der Waals surface area contributed by atoms with Crippen molar-refractivity contribution in [1.29, 1.82) is 0 Å². The standard InChI is InChI=1S/C13H15N3O4/c1-18-13(17)10-3-2-5-16(10)7-11-14-12(15-20-11)9-4-6-19-8-9/h4,6,8,10H,2-3,5,7H2,1H3/t10-/m1/s1. The third kappa shape index (κ3) is 2.44. The molecule has 1 aliphatic rings. The molecule has 0 radical (unpaired) electrons. The molecule has 7 heteroatoms. The van der Waals surface area contributed by atoms with Crippen molar-refractivity contribution in [2.24, 2.45) is 0 Å². The largest absolute Gasteiger partial charge is 0.472 e. The van der Waals surface area contributed by atoms with Crippen LogP contribution in [0.25, 0.3) is 11.4 Å². The van der Waals surface area contributed by atoms with Gasteiger partial charge in [-0.1, -0.05) is 5.16 Å². The highest BCUT2D eigenvalue weighted by atomic mass is 16.5. The maximum absolute atomic E-state index is 11.7. The zero-order valence-corrected chi connectivity index (χ0v) is 11.1. The molecular formula is C13H15N3O4. The molecule has 1 aliphatic heterocycles. The monoisotopic (exact) mass is 277 g/mol. The predicted octanol–water partition coefficient (Wildman–Crippen LogP) is 1.47. The summed E-state index contributed by atoms with van der Waals surface area (Å²) >= 11 is 0. The Morgan fingerprint density at radius 1 is 1.60 bits per heavy atom. The van der Waals surface area contributed by atoms with E-state index in [9.17, 15) is 4.79 Å². The Balaban J connectivity index is 1.70. The Bertz CT molecular complexity index is 578. The Morgan fingerprint density at radius 3 is 3.25 bits per heavy atom. The first kappa shape index (κ1) is 12.9. The summed E-state index contributed by atoms with van der Waals surface area (Å²) in [6, 6.07) is 1.55. The number of hydrogen-bond donors (Lipinski definition) is 0. The number of rotatable bonds is 4. The number of likely N-dealkylation sites (tertiary alicyclic amines) is 1. The van der Waals surface area contributed by atoms with Crippen molar-refractivity contribution in [3.63, 3.8) is 0 Å². The molecule has 0 aliphatic carbocycles. The Kier molecular flexibility index (Phi) is 3.51. The number of aromatic nitrogens is 2. The number of carbonyl (C=O) groups excluding carboxylic acids is 1. The Morgan fingerprint density at radius 2 is 2.50 bits per heavy atom. The number of nitrogens with zero attached hydrogens (tertiary/aromatic N) is 3. The fraction of sp³-hybridized carbons (Fsp3) is 0.462. The average molecular weight is 277 g/mol. The molecule has 0 unspecified atom stereocenters. The van der Waals surface area contributed by atoms with E-state index in [1.807, 2.05) is 4.90 Å². The molecule has 1 fully saturated rings. The first-order chi connectivity index (χ1) is 9.78. The van der Waals surface area contributed by atoms with Crippen molar-refractivity contribution < 1.29 is 18.5 Å². The van der Waals surface area contributed by atoms with Crippen LogP contribution in [-0.4, -0.2) is 40.7 Å². The van der Waals surface area contributed by atoms with Crippen LogP contribution in [0.1, 0.15) is 18.7 Å². The number of hydrogen-bond acceptors (Lipinski definition) is 7. The van der Waals surface area contributed by atoms with Crippen LogP contribution < -0.4 is 0 Å². The van der Waals surface area contributed by atoms with Crippen LogP contribution in [0.2, 0.25) is 0 Å². The van der Waals surface area contributed by atoms with Crippen LogP contribution in [0, 0.1) is 0 Å². The predicted molar refractivity (Wildman–Crippen MR) is 67.4 cm³/mol. The summed E-state index contributed by atoms with van der Waals surface area (Å²) in [5.41, 5.74) is 0.769. The van der Waals surface area contributed by atoms with Crippen molar-refractivity contribution in [1.82, 2.24) is 15.0 Å². The Hall–Kier alpha value is -2.15. The van der Waals surface area contributed by atoms with Crippen molar-refractivity contribution in [2.45, 2.75) is 25.4 Å². The molecular weight excluding hydrogens is 262 g/mol. The maximum Gasteiger partial charge on any atom is 0.323 e. The second-order valence-electron chi connectivity index (χ2n) is 4.68. The van der Waals surface area contributed by atoms with Gasteiger partial charge in [0.2, 0.25) is 11.7 Å². The van der Waals surface area contributed by atoms with Crippen molar-refractivity contribution in [2.75, 3.05) is 13.7 Å². The van der Waals surface area contributed by atoms with Gasteiger partial charge in [-0.15, -0.1) is 0 Å². The number of esters is 1. The second kappa shape index (κ2) is 5.46. The smallest absolute Gasteiger partial charge is 0.323 e. The van der Waals surface area contributed by atoms with Gasteiger partial charge in [-0.25, -0.2) is 0 Å². The van der Waals surface area contributed by atoms with Crippen molar-refractivity contribution in [3.8, 4) is 11.4 Å². The van der Waals surface area contributed by atoms with E-state index in [2.05, 4.69) is 10.1 Å². The second-order valence-corrected chi connectivity index (χ2v) is 4.68. The summed E-state index contributed by atoms with van der Waals surface area (Å²) in [6.07, 6.45) is 4.87. The molecule has 0 bridgehead atoms. The summed E-state index contributed by atoms with van der Waals surface area (Å²) in [5.74, 6) is 0.761. The van der Waals surface area contributed by atoms with E-state index >= 15 is 0 Å². The number of carbonyl (C=O) groups is 1. The van der Waals surface area contributed by atoms with E-state index in [1.54, 1.807) is 18.6 Å². The SMILES string of the molecule is COC(=O)[C@H]1CCCN1Cc1nc(-c2ccoc2)no1. The lowest BCUT2D eigenvalue weighted by molar-refractivity contribution is -0.146. The van der Waals surface area contributed by atoms with Gasteiger partial charge in [0, 0.05) is 0 Å². The lowest BCUT2D eigenvalue weighted by Gasteiger charge is -2.19. The molecule has 7 nitrogen and oxygen atoms in total. The molecule has 0 spiro atoms. The molecule has 1 atom stereocenters. The molecule has 1 saturated heterocycles. The summed E-state index contributed by atoms with van der Waals surface area (Å²) in [4.78, 5) is 18.0. The van der Waals surface area contributed by atoms with E-state index in [0.29, 0.717) is 18.3 Å². The highest BCUT2D eigenvalue weighted by Gasteiger charge is 2.32. The third-order valence-corrected chi connectivity index (χ3v) is 3.42. The lowest BCUT2D eigenvalue weighted by Crippen LogP contribution is -2.36. The molecule has 0 saturated carbocycles. The van der Waals surface area contributed by atoms with E-state index in [0.717, 1.165) is 24.9 Å². The normalized spacial score (nSPS) is 19.4. The minimum Gasteiger partial charge on any atom is -0.472 e. The van der Waals surface area contributed by atoms with Crippen LogP contribution in [0.3, 0.4) is 0 Å². The fourth-order valence-corrected chi connectivity index (χ4v) is 2.42. The van der Waals surface area contributed by atoms with Gasteiger partial charge in [0.1, 0.15) is 12.3 Å². The van der Waals surface area contributed by atoms with Crippen LogP contribution in [0.4, 0.5) is 0 Å². The molecule has 0 amide bonds. The van der Waals surface area contributed by atoms with Gasteiger partial charge in [-0.3, -0.25) is 9.69 Å². The lowest BCUT2D eigenvalue weighted by atomic mass is 10.2. The number of furan rings is 1.